The number of hydrogen-bond acceptors (Lipinski definition) is 4. The molecule has 1 aromatic rings. The summed E-state index contributed by atoms with van der Waals surface area (Å²) in [6.45, 7) is 1.55. The predicted molar refractivity (Wildman–Crippen MR) is 74.1 cm³/mol. The number of aromatic nitrogens is 1. The van der Waals surface area contributed by atoms with Gasteiger partial charge in [0.2, 0.25) is 0 Å². The fourth-order valence-corrected chi connectivity index (χ4v) is 2.68. The minimum absolute atomic E-state index is 0.600. The van der Waals surface area contributed by atoms with Crippen molar-refractivity contribution in [1.29, 1.82) is 0 Å². The summed E-state index contributed by atoms with van der Waals surface area (Å²) in [5.74, 6) is 1.82. The highest BCUT2D eigenvalue weighted by atomic mass is 16.5. The molecule has 1 aliphatic carbocycles. The number of pyridine rings is 1. The molecule has 0 unspecified atom stereocenters. The molecule has 0 spiro atoms. The lowest BCUT2D eigenvalue weighted by Crippen LogP contribution is -2.40. The number of nitrogens with two attached hydrogens (primary N) is 1. The minimum Gasteiger partial charge on any atom is -0.495 e. The second kappa shape index (κ2) is 6.59. The van der Waals surface area contributed by atoms with Crippen molar-refractivity contribution < 1.29 is 4.74 Å². The quantitative estimate of drug-likeness (QED) is 0.869. The Bertz CT molecular complexity index is 347. The van der Waals surface area contributed by atoms with Crippen LogP contribution in [0, 0.1) is 0 Å². The van der Waals surface area contributed by atoms with Crippen LogP contribution in [0.4, 0.5) is 5.82 Å². The van der Waals surface area contributed by atoms with Gasteiger partial charge in [-0.2, -0.15) is 0 Å². The second-order valence-corrected chi connectivity index (χ2v) is 4.83. The van der Waals surface area contributed by atoms with E-state index in [1.165, 1.54) is 32.1 Å². The summed E-state index contributed by atoms with van der Waals surface area (Å²) in [6.07, 6.45) is 8.30. The fourth-order valence-electron chi connectivity index (χ4n) is 2.68. The first-order chi connectivity index (χ1) is 8.85. The Morgan fingerprint density at radius 3 is 2.67 bits per heavy atom. The van der Waals surface area contributed by atoms with Crippen LogP contribution in [0.2, 0.25) is 0 Å². The molecular weight excluding hydrogens is 226 g/mol. The van der Waals surface area contributed by atoms with Crippen molar-refractivity contribution in [3.8, 4) is 5.75 Å². The summed E-state index contributed by atoms with van der Waals surface area (Å²) < 4.78 is 5.15. The summed E-state index contributed by atoms with van der Waals surface area (Å²) in [4.78, 5) is 6.85. The molecule has 100 valence electrons. The molecule has 4 heteroatoms. The van der Waals surface area contributed by atoms with Gasteiger partial charge in [0.05, 0.1) is 13.3 Å². The second-order valence-electron chi connectivity index (χ2n) is 4.83. The first kappa shape index (κ1) is 13.1. The van der Waals surface area contributed by atoms with Crippen LogP contribution in [-0.2, 0) is 0 Å². The lowest BCUT2D eigenvalue weighted by Gasteiger charge is -2.35. The van der Waals surface area contributed by atoms with Crippen LogP contribution in [-0.4, -0.2) is 31.2 Å². The van der Waals surface area contributed by atoms with E-state index in [1.807, 2.05) is 12.1 Å². The van der Waals surface area contributed by atoms with E-state index in [2.05, 4.69) is 9.88 Å². The number of methoxy groups -OCH3 is 1. The molecule has 1 aliphatic rings. The van der Waals surface area contributed by atoms with E-state index in [4.69, 9.17) is 10.5 Å². The van der Waals surface area contributed by atoms with E-state index in [9.17, 15) is 0 Å². The number of hydrogen-bond donors (Lipinski definition) is 1. The van der Waals surface area contributed by atoms with Gasteiger partial charge in [-0.3, -0.25) is 0 Å². The molecule has 0 aliphatic heterocycles. The summed E-state index contributed by atoms with van der Waals surface area (Å²) in [7, 11) is 1.66. The number of ether oxygens (including phenoxy) is 1. The number of nitrogens with zero attached hydrogens (tertiary/aromatic N) is 2. The molecule has 1 aromatic heterocycles. The monoisotopic (exact) mass is 249 g/mol. The lowest BCUT2D eigenvalue weighted by molar-refractivity contribution is 0.408. The van der Waals surface area contributed by atoms with Gasteiger partial charge < -0.3 is 15.4 Å². The number of anilines is 1. The topological polar surface area (TPSA) is 51.4 Å². The highest BCUT2D eigenvalue weighted by Gasteiger charge is 2.21. The van der Waals surface area contributed by atoms with Crippen LogP contribution in [0.25, 0.3) is 0 Å². The van der Waals surface area contributed by atoms with Gasteiger partial charge in [-0.15, -0.1) is 0 Å². The summed E-state index contributed by atoms with van der Waals surface area (Å²) in [5, 5.41) is 0. The Kier molecular flexibility index (Phi) is 4.81. The SMILES string of the molecule is COc1ccc(N(CCN)C2CCCCC2)nc1. The maximum Gasteiger partial charge on any atom is 0.137 e. The molecule has 1 heterocycles. The Morgan fingerprint density at radius 2 is 2.11 bits per heavy atom. The van der Waals surface area contributed by atoms with Gasteiger partial charge in [-0.25, -0.2) is 4.98 Å². The summed E-state index contributed by atoms with van der Waals surface area (Å²) >= 11 is 0. The summed E-state index contributed by atoms with van der Waals surface area (Å²) in [6, 6.07) is 4.60. The molecule has 0 aromatic carbocycles. The van der Waals surface area contributed by atoms with E-state index in [0.29, 0.717) is 12.6 Å². The van der Waals surface area contributed by atoms with Gasteiger partial charge in [-0.05, 0) is 25.0 Å². The molecule has 18 heavy (non-hydrogen) atoms. The van der Waals surface area contributed by atoms with Crippen molar-refractivity contribution in [2.75, 3.05) is 25.1 Å². The van der Waals surface area contributed by atoms with Crippen LogP contribution in [0.3, 0.4) is 0 Å². The fraction of sp³-hybridized carbons (Fsp3) is 0.643. The zero-order valence-corrected chi connectivity index (χ0v) is 11.1. The zero-order chi connectivity index (χ0) is 12.8. The third-order valence-electron chi connectivity index (χ3n) is 3.64. The van der Waals surface area contributed by atoms with Crippen molar-refractivity contribution in [3.63, 3.8) is 0 Å². The van der Waals surface area contributed by atoms with Crippen LogP contribution < -0.4 is 15.4 Å². The van der Waals surface area contributed by atoms with Gasteiger partial charge in [0.25, 0.3) is 0 Å². The van der Waals surface area contributed by atoms with Gasteiger partial charge >= 0.3 is 0 Å². The molecule has 0 bridgehead atoms. The third kappa shape index (κ3) is 3.13. The maximum absolute atomic E-state index is 5.74. The summed E-state index contributed by atoms with van der Waals surface area (Å²) in [5.41, 5.74) is 5.74. The molecule has 1 fully saturated rings. The molecule has 1 saturated carbocycles. The maximum atomic E-state index is 5.74. The van der Waals surface area contributed by atoms with Crippen molar-refractivity contribution in [3.05, 3.63) is 18.3 Å². The highest BCUT2D eigenvalue weighted by molar-refractivity contribution is 5.42. The van der Waals surface area contributed by atoms with Crippen LogP contribution in [0.1, 0.15) is 32.1 Å². The zero-order valence-electron chi connectivity index (χ0n) is 11.1. The smallest absolute Gasteiger partial charge is 0.137 e. The molecular formula is C14H23N3O. The van der Waals surface area contributed by atoms with Gasteiger partial charge in [0, 0.05) is 19.1 Å². The van der Waals surface area contributed by atoms with E-state index >= 15 is 0 Å². The van der Waals surface area contributed by atoms with E-state index < -0.39 is 0 Å². The van der Waals surface area contributed by atoms with Gasteiger partial charge in [0.15, 0.2) is 0 Å². The van der Waals surface area contributed by atoms with Crippen LogP contribution in [0.5, 0.6) is 5.75 Å². The molecule has 0 amide bonds. The standard InChI is InChI=1S/C14H23N3O/c1-18-13-7-8-14(16-11-13)17(10-9-15)12-5-3-2-4-6-12/h7-8,11-12H,2-6,9-10,15H2,1H3. The first-order valence-electron chi connectivity index (χ1n) is 6.82. The molecule has 0 saturated heterocycles. The third-order valence-corrected chi connectivity index (χ3v) is 3.64. The molecule has 2 N–H and O–H groups in total. The lowest BCUT2D eigenvalue weighted by atomic mass is 9.94. The highest BCUT2D eigenvalue weighted by Crippen LogP contribution is 2.26. The van der Waals surface area contributed by atoms with Crippen LogP contribution in [0.15, 0.2) is 18.3 Å². The van der Waals surface area contributed by atoms with Gasteiger partial charge in [0.1, 0.15) is 11.6 Å². The normalized spacial score (nSPS) is 16.6. The Morgan fingerprint density at radius 1 is 1.33 bits per heavy atom. The minimum atomic E-state index is 0.600. The van der Waals surface area contributed by atoms with Gasteiger partial charge in [-0.1, -0.05) is 19.3 Å². The van der Waals surface area contributed by atoms with Crippen molar-refractivity contribution in [2.24, 2.45) is 5.73 Å². The van der Waals surface area contributed by atoms with E-state index in [1.54, 1.807) is 13.3 Å². The molecule has 4 nitrogen and oxygen atoms in total. The number of rotatable bonds is 5. The van der Waals surface area contributed by atoms with E-state index in [-0.39, 0.29) is 0 Å². The van der Waals surface area contributed by atoms with E-state index in [0.717, 1.165) is 18.1 Å². The predicted octanol–water partition coefficient (Wildman–Crippen LogP) is 2.19. The largest absolute Gasteiger partial charge is 0.495 e. The molecule has 0 radical (unpaired) electrons. The molecule has 0 atom stereocenters. The van der Waals surface area contributed by atoms with Crippen molar-refractivity contribution in [2.45, 2.75) is 38.1 Å². The Hall–Kier alpha value is -1.29. The molecule has 2 rings (SSSR count). The Labute approximate surface area is 109 Å². The van der Waals surface area contributed by atoms with Crippen molar-refractivity contribution in [1.82, 2.24) is 4.98 Å². The van der Waals surface area contributed by atoms with Crippen molar-refractivity contribution >= 4 is 5.82 Å². The average molecular weight is 249 g/mol. The Balaban J connectivity index is 2.11. The first-order valence-corrected chi connectivity index (χ1v) is 6.82. The van der Waals surface area contributed by atoms with Crippen LogP contribution >= 0.6 is 0 Å². The average Bonchev–Trinajstić information content (AvgIpc) is 2.46.